The number of fused-ring (bicyclic) bond motifs is 1. The maximum absolute atomic E-state index is 12.2. The Morgan fingerprint density at radius 1 is 1.15 bits per heavy atom. The normalized spacial score (nSPS) is 11.9. The van der Waals surface area contributed by atoms with E-state index in [-0.39, 0.29) is 6.61 Å². The smallest absolute Gasteiger partial charge is 0.349 e. The summed E-state index contributed by atoms with van der Waals surface area (Å²) in [5, 5.41) is 10.0. The molecule has 1 aromatic heterocycles. The van der Waals surface area contributed by atoms with Crippen LogP contribution in [-0.2, 0) is 9.53 Å². The Bertz CT molecular complexity index is 942. The molecule has 0 saturated carbocycles. The number of aliphatic carboxylic acids is 1. The number of furan rings is 1. The summed E-state index contributed by atoms with van der Waals surface area (Å²) in [7, 11) is 0. The van der Waals surface area contributed by atoms with Gasteiger partial charge in [-0.1, -0.05) is 30.3 Å². The molecule has 0 aliphatic carbocycles. The number of esters is 1. The summed E-state index contributed by atoms with van der Waals surface area (Å²) in [5.74, 6) is -0.836. The van der Waals surface area contributed by atoms with Crippen molar-refractivity contribution < 1.29 is 28.6 Å². The van der Waals surface area contributed by atoms with E-state index < -0.39 is 18.0 Å². The van der Waals surface area contributed by atoms with Gasteiger partial charge in [0, 0.05) is 10.9 Å². The Hall–Kier alpha value is -3.28. The molecule has 1 atom stereocenters. The highest BCUT2D eigenvalue weighted by Gasteiger charge is 2.24. The van der Waals surface area contributed by atoms with Gasteiger partial charge in [-0.05, 0) is 32.0 Å². The molecule has 0 fully saturated rings. The van der Waals surface area contributed by atoms with E-state index in [4.69, 9.17) is 13.9 Å². The van der Waals surface area contributed by atoms with Crippen LogP contribution in [0.15, 0.2) is 52.9 Å². The van der Waals surface area contributed by atoms with Crippen molar-refractivity contribution in [3.8, 4) is 5.75 Å². The van der Waals surface area contributed by atoms with Crippen molar-refractivity contribution in [3.05, 3.63) is 65.4 Å². The van der Waals surface area contributed by atoms with Crippen molar-refractivity contribution >= 4 is 22.9 Å². The molecule has 1 heterocycles. The number of carboxylic acids is 1. The maximum Gasteiger partial charge on any atom is 0.349 e. The predicted octanol–water partition coefficient (Wildman–Crippen LogP) is 4.12. The molecule has 2 aromatic carbocycles. The second-order valence-electron chi connectivity index (χ2n) is 5.66. The largest absolute Gasteiger partial charge is 0.478 e. The molecule has 0 spiro atoms. The Morgan fingerprint density at radius 3 is 2.54 bits per heavy atom. The van der Waals surface area contributed by atoms with E-state index >= 15 is 0 Å². The number of carbonyl (C=O) groups is 2. The zero-order valence-corrected chi connectivity index (χ0v) is 14.4. The van der Waals surface area contributed by atoms with E-state index in [9.17, 15) is 14.7 Å². The minimum atomic E-state index is -1.16. The summed E-state index contributed by atoms with van der Waals surface area (Å²) in [6.45, 7) is 3.65. The number of carbonyl (C=O) groups excluding carboxylic acids is 1. The third-order valence-electron chi connectivity index (χ3n) is 3.90. The second kappa shape index (κ2) is 7.31. The van der Waals surface area contributed by atoms with Gasteiger partial charge in [0.1, 0.15) is 22.7 Å². The summed E-state index contributed by atoms with van der Waals surface area (Å²) in [6, 6.07) is 13.5. The molecule has 3 aromatic rings. The number of hydrogen-bond donors (Lipinski definition) is 1. The van der Waals surface area contributed by atoms with Crippen LogP contribution in [0.1, 0.15) is 34.7 Å². The lowest BCUT2D eigenvalue weighted by Gasteiger charge is -2.15. The van der Waals surface area contributed by atoms with Gasteiger partial charge in [0.05, 0.1) is 6.61 Å². The molecular weight excluding hydrogens is 336 g/mol. The number of aryl methyl sites for hydroxylation is 1. The first-order chi connectivity index (χ1) is 12.5. The van der Waals surface area contributed by atoms with E-state index in [1.54, 1.807) is 62.4 Å². The Kier molecular flexibility index (Phi) is 4.93. The molecule has 26 heavy (non-hydrogen) atoms. The van der Waals surface area contributed by atoms with Crippen molar-refractivity contribution in [3.63, 3.8) is 0 Å². The molecule has 0 amide bonds. The second-order valence-corrected chi connectivity index (χ2v) is 5.66. The molecule has 0 aliphatic rings. The molecular formula is C20H18O6. The molecule has 0 saturated heterocycles. The minimum Gasteiger partial charge on any atom is -0.478 e. The lowest BCUT2D eigenvalue weighted by molar-refractivity contribution is -0.145. The Morgan fingerprint density at radius 2 is 1.88 bits per heavy atom. The standard InChI is InChI=1S/C20H18O6/c1-3-24-20(23)17-12(2)25-16-10-9-14(11-15(16)17)26-18(19(21)22)13-7-5-4-6-8-13/h4-11,18H,3H2,1-2H3,(H,21,22)/t18-/m0/s1. The Balaban J connectivity index is 1.99. The topological polar surface area (TPSA) is 86.0 Å². The van der Waals surface area contributed by atoms with Crippen LogP contribution in [0.4, 0.5) is 0 Å². The van der Waals surface area contributed by atoms with Crippen LogP contribution >= 0.6 is 0 Å². The first-order valence-electron chi connectivity index (χ1n) is 8.16. The summed E-state index contributed by atoms with van der Waals surface area (Å²) in [6.07, 6.45) is -1.16. The first kappa shape index (κ1) is 17.5. The van der Waals surface area contributed by atoms with Crippen LogP contribution in [0.3, 0.4) is 0 Å². The van der Waals surface area contributed by atoms with Crippen LogP contribution in [0.25, 0.3) is 11.0 Å². The van der Waals surface area contributed by atoms with Crippen molar-refractivity contribution in [2.75, 3.05) is 6.61 Å². The Labute approximate surface area is 149 Å². The third-order valence-corrected chi connectivity index (χ3v) is 3.90. The summed E-state index contributed by atoms with van der Waals surface area (Å²) in [5.41, 5.74) is 1.34. The fourth-order valence-electron chi connectivity index (χ4n) is 2.75. The molecule has 1 N–H and O–H groups in total. The van der Waals surface area contributed by atoms with Gasteiger partial charge in [-0.2, -0.15) is 0 Å². The van der Waals surface area contributed by atoms with Crippen LogP contribution in [-0.4, -0.2) is 23.7 Å². The van der Waals surface area contributed by atoms with Crippen molar-refractivity contribution in [2.24, 2.45) is 0 Å². The average Bonchev–Trinajstić information content (AvgIpc) is 2.95. The average molecular weight is 354 g/mol. The van der Waals surface area contributed by atoms with Crippen molar-refractivity contribution in [1.82, 2.24) is 0 Å². The highest BCUT2D eigenvalue weighted by molar-refractivity contribution is 6.04. The monoisotopic (exact) mass is 354 g/mol. The lowest BCUT2D eigenvalue weighted by atomic mass is 10.1. The van der Waals surface area contributed by atoms with Crippen LogP contribution in [0.5, 0.6) is 5.75 Å². The maximum atomic E-state index is 12.2. The zero-order valence-electron chi connectivity index (χ0n) is 14.4. The highest BCUT2D eigenvalue weighted by atomic mass is 16.5. The van der Waals surface area contributed by atoms with Crippen LogP contribution in [0.2, 0.25) is 0 Å². The summed E-state index contributed by atoms with van der Waals surface area (Å²) in [4.78, 5) is 23.8. The SMILES string of the molecule is CCOC(=O)c1c(C)oc2ccc(O[C@H](C(=O)O)c3ccccc3)cc12. The van der Waals surface area contributed by atoms with Crippen molar-refractivity contribution in [1.29, 1.82) is 0 Å². The van der Waals surface area contributed by atoms with Gasteiger partial charge in [0.25, 0.3) is 0 Å². The van der Waals surface area contributed by atoms with E-state index in [1.165, 1.54) is 0 Å². The highest BCUT2D eigenvalue weighted by Crippen LogP contribution is 2.31. The molecule has 134 valence electrons. The van der Waals surface area contributed by atoms with Gasteiger partial charge in [0.2, 0.25) is 6.10 Å². The van der Waals surface area contributed by atoms with E-state index in [2.05, 4.69) is 0 Å². The van der Waals surface area contributed by atoms with Gasteiger partial charge in [-0.15, -0.1) is 0 Å². The molecule has 6 nitrogen and oxygen atoms in total. The van der Waals surface area contributed by atoms with E-state index in [0.29, 0.717) is 33.6 Å². The first-order valence-corrected chi connectivity index (χ1v) is 8.16. The molecule has 6 heteroatoms. The number of rotatable bonds is 6. The van der Waals surface area contributed by atoms with Gasteiger partial charge < -0.3 is 19.0 Å². The fourth-order valence-corrected chi connectivity index (χ4v) is 2.75. The number of benzene rings is 2. The number of carboxylic acid groups (broad SMARTS) is 1. The number of hydrogen-bond acceptors (Lipinski definition) is 5. The molecule has 0 aliphatic heterocycles. The van der Waals surface area contributed by atoms with Gasteiger partial charge in [0.15, 0.2) is 0 Å². The predicted molar refractivity (Wildman–Crippen MR) is 94.4 cm³/mol. The van der Waals surface area contributed by atoms with Gasteiger partial charge in [-0.3, -0.25) is 0 Å². The van der Waals surface area contributed by atoms with Crippen molar-refractivity contribution in [2.45, 2.75) is 20.0 Å². The van der Waals surface area contributed by atoms with Crippen LogP contribution in [0, 0.1) is 6.92 Å². The van der Waals surface area contributed by atoms with Crippen LogP contribution < -0.4 is 4.74 Å². The van der Waals surface area contributed by atoms with Gasteiger partial charge >= 0.3 is 11.9 Å². The fraction of sp³-hybridized carbons (Fsp3) is 0.200. The molecule has 3 rings (SSSR count). The molecule has 0 radical (unpaired) electrons. The third kappa shape index (κ3) is 3.39. The zero-order chi connectivity index (χ0) is 18.7. The summed E-state index contributed by atoms with van der Waals surface area (Å²) >= 11 is 0. The molecule has 0 bridgehead atoms. The van der Waals surface area contributed by atoms with Gasteiger partial charge in [-0.25, -0.2) is 9.59 Å². The van der Waals surface area contributed by atoms with E-state index in [1.807, 2.05) is 0 Å². The number of ether oxygens (including phenoxy) is 2. The quantitative estimate of drug-likeness (QED) is 0.670. The molecule has 0 unspecified atom stereocenters. The van der Waals surface area contributed by atoms with E-state index in [0.717, 1.165) is 0 Å². The lowest BCUT2D eigenvalue weighted by Crippen LogP contribution is -2.18. The minimum absolute atomic E-state index is 0.246. The summed E-state index contributed by atoms with van der Waals surface area (Å²) < 4.78 is 16.3.